The minimum atomic E-state index is -1.17. The summed E-state index contributed by atoms with van der Waals surface area (Å²) in [5.74, 6) is 0. The van der Waals surface area contributed by atoms with Gasteiger partial charge in [-0.25, -0.2) is 0 Å². The van der Waals surface area contributed by atoms with Gasteiger partial charge in [-0.05, 0) is 25.6 Å². The minimum Gasteiger partial charge on any atom is -0.427 e. The fourth-order valence-electron chi connectivity index (χ4n) is 1.56. The van der Waals surface area contributed by atoms with E-state index in [4.69, 9.17) is 20.1 Å². The molecule has 0 aliphatic carbocycles. The maximum Gasteiger partial charge on any atom is 2.00 e. The molecule has 2 radical (unpaired) electrons. The summed E-state index contributed by atoms with van der Waals surface area (Å²) in [4.78, 5) is 0. The van der Waals surface area contributed by atoms with Crippen molar-refractivity contribution in [2.75, 3.05) is 0 Å². The molecule has 4 N–H and O–H groups in total. The number of benzene rings is 2. The molecule has 0 atom stereocenters. The Bertz CT molecular complexity index is 506. The third-order valence-electron chi connectivity index (χ3n) is 2.37. The third-order valence-corrected chi connectivity index (χ3v) is 2.37. The van der Waals surface area contributed by atoms with Crippen LogP contribution in [0.25, 0.3) is 0 Å². The SMILES string of the molecule is C.C.C.C.C.C.C.C.C.CB(O)O.CB(O)O.CCCc1ccccc1.[CH2-]c1cccc([CH2-])c1.[CH3-].[CH3-].[V+2].[V+2]. The van der Waals surface area contributed by atoms with Gasteiger partial charge in [0.15, 0.2) is 0 Å². The van der Waals surface area contributed by atoms with E-state index < -0.39 is 14.2 Å². The summed E-state index contributed by atoms with van der Waals surface area (Å²) in [6.07, 6.45) is 2.45. The van der Waals surface area contributed by atoms with Crippen molar-refractivity contribution < 1.29 is 57.2 Å². The molecule has 2 rings (SSSR count). The molecule has 0 aliphatic rings. The first-order valence-corrected chi connectivity index (χ1v) is 8.19. The van der Waals surface area contributed by atoms with Crippen molar-refractivity contribution in [3.63, 3.8) is 0 Å². The molecule has 0 aromatic heterocycles. The van der Waals surface area contributed by atoms with Gasteiger partial charge in [0, 0.05) is 0 Å². The molecule has 0 heterocycles. The zero-order valence-corrected chi connectivity index (χ0v) is 21.2. The summed E-state index contributed by atoms with van der Waals surface area (Å²) < 4.78 is 0. The van der Waals surface area contributed by atoms with Crippen LogP contribution < -0.4 is 0 Å². The van der Waals surface area contributed by atoms with Crippen LogP contribution in [0.5, 0.6) is 0 Å². The maximum absolute atomic E-state index is 7.61. The molecule has 4 nitrogen and oxygen atoms in total. The molecule has 0 saturated heterocycles. The second-order valence-electron chi connectivity index (χ2n) is 5.32. The van der Waals surface area contributed by atoms with Gasteiger partial charge in [-0.3, -0.25) is 0 Å². The standard InChI is InChI=1S/C9H12.C8H8.2CH5BO2.9CH4.2CH3.2V/c1-2-6-9-7-4-3-5-8-9;1-7-4-3-5-8(2)6-7;2*1-2(3)4;;;;;;;;;;;;;/h3-5,7-8H,2,6H2,1H3;3-6H,1-2H2;2*3-4H,1H3;9*1H4;2*1H3;;/q;-2;;;;;;;;;;;;2*-1;2*+2. The fraction of sp³-hybridized carbons (Fsp3) is 0.467. The molecule has 2 aromatic rings. The van der Waals surface area contributed by atoms with E-state index in [0.717, 1.165) is 11.1 Å². The molecule has 0 saturated carbocycles. The van der Waals surface area contributed by atoms with Crippen molar-refractivity contribution in [1.29, 1.82) is 0 Å². The first kappa shape index (κ1) is 98.8. The third kappa shape index (κ3) is 101. The molecular weight excluding hydrogens is 548 g/mol. The summed E-state index contributed by atoms with van der Waals surface area (Å²) in [5.41, 5.74) is 3.50. The van der Waals surface area contributed by atoms with Gasteiger partial charge in [0.05, 0.1) is 0 Å². The Morgan fingerprint density at radius 2 is 0.842 bits per heavy atom. The van der Waals surface area contributed by atoms with Gasteiger partial charge in [0.2, 0.25) is 0 Å². The second-order valence-corrected chi connectivity index (χ2v) is 5.32. The van der Waals surface area contributed by atoms with Crippen molar-refractivity contribution in [3.8, 4) is 0 Å². The average molecular weight is 620 g/mol. The van der Waals surface area contributed by atoms with Crippen LogP contribution in [0.1, 0.15) is 96.9 Å². The van der Waals surface area contributed by atoms with E-state index in [1.54, 1.807) is 0 Å². The minimum absolute atomic E-state index is 0. The molecule has 8 heteroatoms. The van der Waals surface area contributed by atoms with Crippen LogP contribution >= 0.6 is 0 Å². The van der Waals surface area contributed by atoms with Crippen molar-refractivity contribution in [2.24, 2.45) is 0 Å². The van der Waals surface area contributed by atoms with E-state index in [1.165, 1.54) is 32.1 Å². The van der Waals surface area contributed by atoms with Crippen LogP contribution in [0.15, 0.2) is 54.6 Å². The molecule has 38 heavy (non-hydrogen) atoms. The van der Waals surface area contributed by atoms with Crippen LogP contribution in [-0.4, -0.2) is 34.3 Å². The van der Waals surface area contributed by atoms with E-state index >= 15 is 0 Å². The molecule has 2 aromatic carbocycles. The number of rotatable bonds is 2. The number of hydrogen-bond donors (Lipinski definition) is 4. The Morgan fingerprint density at radius 3 is 1.03 bits per heavy atom. The summed E-state index contributed by atoms with van der Waals surface area (Å²) in [7, 11) is -2.33. The largest absolute Gasteiger partial charge is 2.00 e. The Kier molecular flexibility index (Phi) is 184. The van der Waals surface area contributed by atoms with E-state index in [-0.39, 0.29) is 119 Å². The maximum atomic E-state index is 7.61. The average Bonchev–Trinajstić information content (AvgIpc) is 2.48. The van der Waals surface area contributed by atoms with Gasteiger partial charge in [0.25, 0.3) is 0 Å². The van der Waals surface area contributed by atoms with Crippen LogP contribution in [-0.2, 0) is 43.5 Å². The number of aryl methyl sites for hydroxylation is 1. The Morgan fingerprint density at radius 1 is 0.579 bits per heavy atom. The Labute approximate surface area is 270 Å². The van der Waals surface area contributed by atoms with E-state index in [9.17, 15) is 0 Å². The summed E-state index contributed by atoms with van der Waals surface area (Å²) >= 11 is 0. The first-order valence-electron chi connectivity index (χ1n) is 8.19. The zero-order valence-electron chi connectivity index (χ0n) is 18.4. The van der Waals surface area contributed by atoms with E-state index in [0.29, 0.717) is 0 Å². The molecule has 0 aliphatic heterocycles. The first-order chi connectivity index (χ1) is 11.7. The van der Waals surface area contributed by atoms with Crippen molar-refractivity contribution in [3.05, 3.63) is 100.0 Å². The van der Waals surface area contributed by atoms with E-state index in [2.05, 4.69) is 51.1 Å². The van der Waals surface area contributed by atoms with Crippen molar-refractivity contribution in [2.45, 2.75) is 100 Å². The zero-order chi connectivity index (χ0) is 19.7. The predicted octanol–water partition coefficient (Wildman–Crippen LogP) is 9.49. The van der Waals surface area contributed by atoms with Gasteiger partial charge < -0.3 is 34.9 Å². The summed E-state index contributed by atoms with van der Waals surface area (Å²) in [6, 6.07) is 18.4. The monoisotopic (exact) mass is 620 g/mol. The van der Waals surface area contributed by atoms with Gasteiger partial charge in [-0.15, -0.1) is 0 Å². The summed E-state index contributed by atoms with van der Waals surface area (Å²) in [5, 5.41) is 30.4. The normalized spacial score (nSPS) is 5.55. The van der Waals surface area contributed by atoms with Gasteiger partial charge >= 0.3 is 51.3 Å². The molecular formula is C30H72B2O4V2. The topological polar surface area (TPSA) is 80.9 Å². The van der Waals surface area contributed by atoms with Crippen LogP contribution in [0.4, 0.5) is 0 Å². The van der Waals surface area contributed by atoms with Crippen molar-refractivity contribution >= 4 is 14.2 Å². The number of hydrogen-bond acceptors (Lipinski definition) is 4. The molecule has 0 unspecified atom stereocenters. The molecule has 0 bridgehead atoms. The van der Waals surface area contributed by atoms with E-state index in [1.807, 2.05) is 24.3 Å². The predicted molar refractivity (Wildman–Crippen MR) is 181 cm³/mol. The molecule has 232 valence electrons. The van der Waals surface area contributed by atoms with Crippen LogP contribution in [0.2, 0.25) is 13.6 Å². The van der Waals surface area contributed by atoms with Crippen molar-refractivity contribution in [1.82, 2.24) is 0 Å². The molecule has 0 spiro atoms. The summed E-state index contributed by atoms with van der Waals surface area (Å²) in [6.45, 7) is 12.2. The van der Waals surface area contributed by atoms with Crippen LogP contribution in [0, 0.1) is 28.7 Å². The fourth-order valence-corrected chi connectivity index (χ4v) is 1.56. The van der Waals surface area contributed by atoms with Gasteiger partial charge in [0.1, 0.15) is 0 Å². The smallest absolute Gasteiger partial charge is 0.427 e. The van der Waals surface area contributed by atoms with Gasteiger partial charge in [-0.2, -0.15) is 49.2 Å². The molecule has 0 amide bonds. The second kappa shape index (κ2) is 70.7. The molecule has 0 fully saturated rings. The quantitative estimate of drug-likeness (QED) is 0.199. The van der Waals surface area contributed by atoms with Crippen LogP contribution in [0.3, 0.4) is 0 Å². The Hall–Kier alpha value is -0.681. The Balaban J connectivity index is -0.0000000133. The van der Waals surface area contributed by atoms with Gasteiger partial charge in [-0.1, -0.05) is 111 Å².